The van der Waals surface area contributed by atoms with Crippen LogP contribution in [0.2, 0.25) is 0 Å². The van der Waals surface area contributed by atoms with Crippen LogP contribution in [0.5, 0.6) is 0 Å². The minimum atomic E-state index is 0.219. The fourth-order valence-electron chi connectivity index (χ4n) is 3.23. The average Bonchev–Trinajstić information content (AvgIpc) is 2.42. The molecule has 1 amide bonds. The molecule has 2 aliphatic rings. The zero-order valence-electron chi connectivity index (χ0n) is 12.1. The lowest BCUT2D eigenvalue weighted by Crippen LogP contribution is -2.41. The van der Waals surface area contributed by atoms with Crippen LogP contribution in [0.1, 0.15) is 51.4 Å². The van der Waals surface area contributed by atoms with Gasteiger partial charge in [-0.2, -0.15) is 0 Å². The van der Waals surface area contributed by atoms with Crippen molar-refractivity contribution in [2.24, 2.45) is 11.7 Å². The summed E-state index contributed by atoms with van der Waals surface area (Å²) in [6, 6.07) is 0.219. The van der Waals surface area contributed by atoms with E-state index in [1.54, 1.807) is 0 Å². The highest BCUT2D eigenvalue weighted by Crippen LogP contribution is 2.26. The van der Waals surface area contributed by atoms with E-state index in [1.807, 2.05) is 11.9 Å². The van der Waals surface area contributed by atoms with Gasteiger partial charge in [-0.25, -0.2) is 0 Å². The molecular formula is C15H28N2O2. The fraction of sp³-hybridized carbons (Fsp3) is 0.933. The summed E-state index contributed by atoms with van der Waals surface area (Å²) in [5.41, 5.74) is 6.12. The summed E-state index contributed by atoms with van der Waals surface area (Å²) in [5, 5.41) is 0. The van der Waals surface area contributed by atoms with Crippen LogP contribution < -0.4 is 5.73 Å². The van der Waals surface area contributed by atoms with Gasteiger partial charge >= 0.3 is 0 Å². The first-order valence-electron chi connectivity index (χ1n) is 7.78. The zero-order chi connectivity index (χ0) is 13.7. The summed E-state index contributed by atoms with van der Waals surface area (Å²) in [5.74, 6) is 0.618. The van der Waals surface area contributed by atoms with Crippen LogP contribution in [0.4, 0.5) is 0 Å². The number of carbonyl (C=O) groups is 1. The monoisotopic (exact) mass is 268 g/mol. The molecule has 1 aliphatic heterocycles. The molecule has 0 radical (unpaired) electrons. The minimum Gasteiger partial charge on any atom is -0.376 e. The normalized spacial score (nSPS) is 32.0. The maximum Gasteiger partial charge on any atom is 0.222 e. The highest BCUT2D eigenvalue weighted by molar-refractivity contribution is 5.76. The number of nitrogens with two attached hydrogens (primary N) is 1. The molecule has 0 bridgehead atoms. The third kappa shape index (κ3) is 4.46. The van der Waals surface area contributed by atoms with Crippen LogP contribution in [0.25, 0.3) is 0 Å². The van der Waals surface area contributed by atoms with Crippen molar-refractivity contribution < 1.29 is 9.53 Å². The molecule has 0 spiro atoms. The van der Waals surface area contributed by atoms with Crippen molar-refractivity contribution >= 4 is 5.91 Å². The lowest BCUT2D eigenvalue weighted by atomic mass is 9.83. The SMILES string of the molecule is CN(CC1CCCCO1)C(=O)CC1CCCCC1N. The minimum absolute atomic E-state index is 0.219. The van der Waals surface area contributed by atoms with Crippen molar-refractivity contribution in [2.75, 3.05) is 20.2 Å². The van der Waals surface area contributed by atoms with E-state index < -0.39 is 0 Å². The van der Waals surface area contributed by atoms with Crippen molar-refractivity contribution in [1.82, 2.24) is 4.90 Å². The molecule has 1 saturated heterocycles. The van der Waals surface area contributed by atoms with Crippen molar-refractivity contribution in [3.05, 3.63) is 0 Å². The van der Waals surface area contributed by atoms with E-state index >= 15 is 0 Å². The third-order valence-corrected chi connectivity index (χ3v) is 4.58. The molecule has 4 heteroatoms. The Morgan fingerprint density at radius 3 is 2.63 bits per heavy atom. The summed E-state index contributed by atoms with van der Waals surface area (Å²) in [6.45, 7) is 1.58. The quantitative estimate of drug-likeness (QED) is 0.847. The van der Waals surface area contributed by atoms with Crippen LogP contribution in [-0.2, 0) is 9.53 Å². The van der Waals surface area contributed by atoms with Crippen LogP contribution in [-0.4, -0.2) is 43.2 Å². The molecule has 0 aromatic carbocycles. The first-order valence-corrected chi connectivity index (χ1v) is 7.78. The van der Waals surface area contributed by atoms with Gasteiger partial charge in [0.15, 0.2) is 0 Å². The van der Waals surface area contributed by atoms with Crippen molar-refractivity contribution in [1.29, 1.82) is 0 Å². The van der Waals surface area contributed by atoms with E-state index in [0.29, 0.717) is 12.3 Å². The Kier molecular flexibility index (Phi) is 5.64. The Morgan fingerprint density at radius 2 is 1.95 bits per heavy atom. The van der Waals surface area contributed by atoms with Crippen molar-refractivity contribution in [2.45, 2.75) is 63.5 Å². The number of amides is 1. The Hall–Kier alpha value is -0.610. The molecule has 0 aromatic heterocycles. The topological polar surface area (TPSA) is 55.6 Å². The molecule has 3 unspecified atom stereocenters. The van der Waals surface area contributed by atoms with E-state index in [-0.39, 0.29) is 18.1 Å². The van der Waals surface area contributed by atoms with E-state index in [4.69, 9.17) is 10.5 Å². The zero-order valence-corrected chi connectivity index (χ0v) is 12.1. The van der Waals surface area contributed by atoms with Gasteiger partial charge in [-0.3, -0.25) is 4.79 Å². The number of rotatable bonds is 4. The third-order valence-electron chi connectivity index (χ3n) is 4.58. The second kappa shape index (κ2) is 7.25. The Morgan fingerprint density at radius 1 is 1.21 bits per heavy atom. The van der Waals surface area contributed by atoms with Gasteiger partial charge in [0, 0.05) is 32.7 Å². The Balaban J connectivity index is 1.74. The van der Waals surface area contributed by atoms with Crippen LogP contribution >= 0.6 is 0 Å². The first-order chi connectivity index (χ1) is 9.16. The summed E-state index contributed by atoms with van der Waals surface area (Å²) in [6.07, 6.45) is 8.95. The van der Waals surface area contributed by atoms with E-state index in [9.17, 15) is 4.79 Å². The van der Waals surface area contributed by atoms with Crippen molar-refractivity contribution in [3.8, 4) is 0 Å². The molecule has 2 rings (SSSR count). The van der Waals surface area contributed by atoms with Gasteiger partial charge in [-0.1, -0.05) is 12.8 Å². The van der Waals surface area contributed by atoms with Crippen LogP contribution in [0.15, 0.2) is 0 Å². The maximum absolute atomic E-state index is 12.2. The standard InChI is InChI=1S/C15H28N2O2/c1-17(11-13-7-4-5-9-19-13)15(18)10-12-6-2-3-8-14(12)16/h12-14H,2-11,16H2,1H3. The molecule has 2 N–H and O–H groups in total. The number of likely N-dealkylation sites (N-methyl/N-ethyl adjacent to an activating group) is 1. The molecule has 110 valence electrons. The Labute approximate surface area is 116 Å². The van der Waals surface area contributed by atoms with E-state index in [1.165, 1.54) is 19.3 Å². The molecule has 4 nitrogen and oxygen atoms in total. The predicted molar refractivity (Wildman–Crippen MR) is 75.8 cm³/mol. The van der Waals surface area contributed by atoms with Gasteiger partial charge in [0.25, 0.3) is 0 Å². The smallest absolute Gasteiger partial charge is 0.222 e. The highest BCUT2D eigenvalue weighted by atomic mass is 16.5. The Bertz CT molecular complexity index is 290. The highest BCUT2D eigenvalue weighted by Gasteiger charge is 2.26. The van der Waals surface area contributed by atoms with Gasteiger partial charge < -0.3 is 15.4 Å². The van der Waals surface area contributed by atoms with Crippen molar-refractivity contribution in [3.63, 3.8) is 0 Å². The largest absolute Gasteiger partial charge is 0.376 e. The molecule has 19 heavy (non-hydrogen) atoms. The molecule has 1 heterocycles. The second-order valence-electron chi connectivity index (χ2n) is 6.18. The van der Waals surface area contributed by atoms with E-state index in [2.05, 4.69) is 0 Å². The van der Waals surface area contributed by atoms with Gasteiger partial charge in [0.05, 0.1) is 6.10 Å². The lowest BCUT2D eigenvalue weighted by Gasteiger charge is -2.31. The summed E-state index contributed by atoms with van der Waals surface area (Å²) < 4.78 is 5.69. The first kappa shape index (κ1) is 14.8. The number of ether oxygens (including phenoxy) is 1. The molecule has 0 aromatic rings. The molecule has 1 saturated carbocycles. The number of hydrogen-bond donors (Lipinski definition) is 1. The predicted octanol–water partition coefficient (Wildman–Crippen LogP) is 1.92. The number of nitrogens with zero attached hydrogens (tertiary/aromatic N) is 1. The second-order valence-corrected chi connectivity index (χ2v) is 6.18. The van der Waals surface area contributed by atoms with Crippen LogP contribution in [0, 0.1) is 5.92 Å². The van der Waals surface area contributed by atoms with Gasteiger partial charge in [0.1, 0.15) is 0 Å². The van der Waals surface area contributed by atoms with Gasteiger partial charge in [-0.15, -0.1) is 0 Å². The van der Waals surface area contributed by atoms with Crippen LogP contribution in [0.3, 0.4) is 0 Å². The van der Waals surface area contributed by atoms with E-state index in [0.717, 1.165) is 38.8 Å². The number of hydrogen-bond acceptors (Lipinski definition) is 3. The van der Waals surface area contributed by atoms with Gasteiger partial charge in [-0.05, 0) is 38.0 Å². The average molecular weight is 268 g/mol. The lowest BCUT2D eigenvalue weighted by molar-refractivity contribution is -0.133. The molecular weight excluding hydrogens is 240 g/mol. The molecule has 1 aliphatic carbocycles. The summed E-state index contributed by atoms with van der Waals surface area (Å²) in [4.78, 5) is 14.1. The number of carbonyl (C=O) groups excluding carboxylic acids is 1. The van der Waals surface area contributed by atoms with Gasteiger partial charge in [0.2, 0.25) is 5.91 Å². The molecule has 3 atom stereocenters. The molecule has 2 fully saturated rings. The fourth-order valence-corrected chi connectivity index (χ4v) is 3.23. The maximum atomic E-state index is 12.2. The summed E-state index contributed by atoms with van der Waals surface area (Å²) >= 11 is 0. The summed E-state index contributed by atoms with van der Waals surface area (Å²) in [7, 11) is 1.90.